The number of methoxy groups -OCH3 is 1. The average Bonchev–Trinajstić information content (AvgIpc) is 2.56. The van der Waals surface area contributed by atoms with Crippen molar-refractivity contribution in [3.63, 3.8) is 0 Å². The van der Waals surface area contributed by atoms with Gasteiger partial charge in [0, 0.05) is 19.1 Å². The van der Waals surface area contributed by atoms with Crippen LogP contribution in [0.1, 0.15) is 38.1 Å². The third-order valence-electron chi connectivity index (χ3n) is 3.57. The largest absolute Gasteiger partial charge is 0.495 e. The van der Waals surface area contributed by atoms with E-state index in [1.165, 1.54) is 30.2 Å². The van der Waals surface area contributed by atoms with Gasteiger partial charge in [-0.3, -0.25) is 4.79 Å². The van der Waals surface area contributed by atoms with Crippen LogP contribution >= 0.6 is 0 Å². The quantitative estimate of drug-likeness (QED) is 0.678. The lowest BCUT2D eigenvalue weighted by molar-refractivity contribution is -0.134. The topological polar surface area (TPSA) is 102 Å². The number of ether oxygens (including phenoxy) is 2. The van der Waals surface area contributed by atoms with Gasteiger partial charge in [-0.05, 0) is 45.9 Å². The number of amides is 1. The van der Waals surface area contributed by atoms with E-state index in [0.717, 1.165) is 0 Å². The number of carbonyl (C=O) groups excluding carboxylic acids is 2. The first-order valence-electron chi connectivity index (χ1n) is 8.12. The van der Waals surface area contributed by atoms with Crippen molar-refractivity contribution in [2.75, 3.05) is 20.8 Å². The number of rotatable bonds is 8. The molecule has 0 aliphatic carbocycles. The molecule has 26 heavy (non-hydrogen) atoms. The van der Waals surface area contributed by atoms with Gasteiger partial charge in [0.15, 0.2) is 6.61 Å². The first-order chi connectivity index (χ1) is 12.0. The molecule has 1 aromatic carbocycles. The first-order valence-corrected chi connectivity index (χ1v) is 9.61. The normalized spacial score (nSPS) is 11.5. The molecule has 0 fully saturated rings. The summed E-state index contributed by atoms with van der Waals surface area (Å²) in [4.78, 5) is 25.4. The van der Waals surface area contributed by atoms with Crippen LogP contribution in [0.25, 0.3) is 0 Å². The number of hydrogen-bond donors (Lipinski definition) is 1. The van der Waals surface area contributed by atoms with Gasteiger partial charge in [-0.1, -0.05) is 0 Å². The zero-order chi connectivity index (χ0) is 20.1. The highest BCUT2D eigenvalue weighted by atomic mass is 32.2. The number of benzene rings is 1. The number of nitrogens with zero attached hydrogens (tertiary/aromatic N) is 1. The summed E-state index contributed by atoms with van der Waals surface area (Å²) in [6.07, 6.45) is 0. The van der Waals surface area contributed by atoms with E-state index in [1.54, 1.807) is 20.9 Å². The van der Waals surface area contributed by atoms with Gasteiger partial charge in [-0.15, -0.1) is 0 Å². The highest BCUT2D eigenvalue weighted by molar-refractivity contribution is 7.89. The Bertz CT molecular complexity index is 759. The molecule has 0 bridgehead atoms. The Hall–Kier alpha value is -2.13. The number of nitrogens with one attached hydrogen (secondary N) is 1. The number of hydrogen-bond acceptors (Lipinski definition) is 6. The van der Waals surface area contributed by atoms with E-state index in [4.69, 9.17) is 9.47 Å². The molecule has 0 atom stereocenters. The van der Waals surface area contributed by atoms with Gasteiger partial charge in [0.05, 0.1) is 12.7 Å². The summed E-state index contributed by atoms with van der Waals surface area (Å²) >= 11 is 0. The molecular formula is C17H26N2O6S. The fourth-order valence-electron chi connectivity index (χ4n) is 1.99. The monoisotopic (exact) mass is 386 g/mol. The van der Waals surface area contributed by atoms with E-state index in [1.807, 2.05) is 13.8 Å². The lowest BCUT2D eigenvalue weighted by Gasteiger charge is -2.21. The van der Waals surface area contributed by atoms with Gasteiger partial charge in [0.25, 0.3) is 5.91 Å². The predicted octanol–water partition coefficient (Wildman–Crippen LogP) is 1.41. The van der Waals surface area contributed by atoms with Crippen LogP contribution < -0.4 is 9.46 Å². The second-order valence-corrected chi connectivity index (χ2v) is 8.00. The van der Waals surface area contributed by atoms with Crippen LogP contribution in [0.2, 0.25) is 0 Å². The van der Waals surface area contributed by atoms with Crippen LogP contribution in [0.3, 0.4) is 0 Å². The number of likely N-dealkylation sites (N-methyl/N-ethyl adjacent to an activating group) is 1. The second kappa shape index (κ2) is 9.00. The van der Waals surface area contributed by atoms with Crippen LogP contribution in [0, 0.1) is 0 Å². The van der Waals surface area contributed by atoms with Crippen molar-refractivity contribution in [1.29, 1.82) is 0 Å². The molecule has 0 heterocycles. The molecule has 9 heteroatoms. The van der Waals surface area contributed by atoms with Crippen LogP contribution in [-0.2, 0) is 19.6 Å². The van der Waals surface area contributed by atoms with Crippen molar-refractivity contribution in [1.82, 2.24) is 9.62 Å². The maximum absolute atomic E-state index is 12.4. The second-order valence-electron chi connectivity index (χ2n) is 6.32. The zero-order valence-electron chi connectivity index (χ0n) is 15.9. The van der Waals surface area contributed by atoms with Gasteiger partial charge < -0.3 is 14.4 Å². The molecule has 0 saturated carbocycles. The van der Waals surface area contributed by atoms with E-state index >= 15 is 0 Å². The number of carbonyl (C=O) groups is 2. The van der Waals surface area contributed by atoms with E-state index in [0.29, 0.717) is 0 Å². The molecule has 1 N–H and O–H groups in total. The molecule has 1 rings (SSSR count). The fraction of sp³-hybridized carbons (Fsp3) is 0.529. The molecule has 146 valence electrons. The van der Waals surface area contributed by atoms with Gasteiger partial charge >= 0.3 is 5.97 Å². The summed E-state index contributed by atoms with van der Waals surface area (Å²) < 4.78 is 37.3. The average molecular weight is 386 g/mol. The highest BCUT2D eigenvalue weighted by Crippen LogP contribution is 2.25. The molecule has 0 saturated heterocycles. The van der Waals surface area contributed by atoms with Crippen molar-refractivity contribution in [3.05, 3.63) is 23.8 Å². The van der Waals surface area contributed by atoms with Crippen molar-refractivity contribution < 1.29 is 27.5 Å². The molecule has 8 nitrogen and oxygen atoms in total. The number of esters is 1. The van der Waals surface area contributed by atoms with Crippen LogP contribution in [0.4, 0.5) is 0 Å². The van der Waals surface area contributed by atoms with E-state index in [9.17, 15) is 18.0 Å². The Morgan fingerprint density at radius 2 is 1.81 bits per heavy atom. The third-order valence-corrected chi connectivity index (χ3v) is 5.25. The molecule has 1 aromatic rings. The van der Waals surface area contributed by atoms with E-state index in [2.05, 4.69) is 4.72 Å². The summed E-state index contributed by atoms with van der Waals surface area (Å²) in [7, 11) is -0.929. The van der Waals surface area contributed by atoms with Crippen molar-refractivity contribution in [2.45, 2.75) is 44.7 Å². The Balaban J connectivity index is 3.03. The Kier molecular flexibility index (Phi) is 7.58. The molecule has 0 radical (unpaired) electrons. The molecule has 0 unspecified atom stereocenters. The van der Waals surface area contributed by atoms with Gasteiger partial charge in [0.2, 0.25) is 10.0 Å². The fourth-order valence-corrected chi connectivity index (χ4v) is 3.43. The van der Waals surface area contributed by atoms with Crippen LogP contribution in [0.5, 0.6) is 5.75 Å². The minimum absolute atomic E-state index is 0.00920. The Morgan fingerprint density at radius 1 is 1.19 bits per heavy atom. The summed E-state index contributed by atoms with van der Waals surface area (Å²) in [6, 6.07) is 3.56. The number of sulfonamides is 1. The standard InChI is InChI=1S/C17H26N2O6S/c1-11(2)18-26(22,23)15-9-13(7-8-14(15)24-6)17(21)25-10-16(20)19(5)12(3)4/h7-9,11-12,18H,10H2,1-6H3. The van der Waals surface area contributed by atoms with Crippen molar-refractivity contribution in [2.24, 2.45) is 0 Å². The van der Waals surface area contributed by atoms with Gasteiger partial charge in [-0.25, -0.2) is 17.9 Å². The molecule has 0 aromatic heterocycles. The maximum atomic E-state index is 12.4. The molecule has 0 aliphatic rings. The predicted molar refractivity (Wildman–Crippen MR) is 96.6 cm³/mol. The Labute approximate surface area is 154 Å². The summed E-state index contributed by atoms with van der Waals surface area (Å²) in [5, 5.41) is 0. The van der Waals surface area contributed by atoms with Crippen molar-refractivity contribution >= 4 is 21.9 Å². The van der Waals surface area contributed by atoms with E-state index < -0.39 is 22.6 Å². The molecule has 0 aliphatic heterocycles. The first kappa shape index (κ1) is 21.9. The van der Waals surface area contributed by atoms with Crippen LogP contribution in [0.15, 0.2) is 23.1 Å². The van der Waals surface area contributed by atoms with E-state index in [-0.39, 0.29) is 34.2 Å². The molecular weight excluding hydrogens is 360 g/mol. The smallest absolute Gasteiger partial charge is 0.338 e. The van der Waals surface area contributed by atoms with Gasteiger partial charge in [0.1, 0.15) is 10.6 Å². The zero-order valence-corrected chi connectivity index (χ0v) is 16.7. The summed E-state index contributed by atoms with van der Waals surface area (Å²) in [5.41, 5.74) is 0.00920. The molecule has 1 amide bonds. The minimum Gasteiger partial charge on any atom is -0.495 e. The summed E-state index contributed by atoms with van der Waals surface area (Å²) in [6.45, 7) is 6.61. The van der Waals surface area contributed by atoms with Gasteiger partial charge in [-0.2, -0.15) is 0 Å². The summed E-state index contributed by atoms with van der Waals surface area (Å²) in [5.74, 6) is -1.04. The lowest BCUT2D eigenvalue weighted by Crippen LogP contribution is -2.36. The highest BCUT2D eigenvalue weighted by Gasteiger charge is 2.23. The third kappa shape index (κ3) is 5.70. The maximum Gasteiger partial charge on any atom is 0.338 e. The SMILES string of the molecule is COc1ccc(C(=O)OCC(=O)N(C)C(C)C)cc1S(=O)(=O)NC(C)C. The van der Waals surface area contributed by atoms with Crippen molar-refractivity contribution in [3.8, 4) is 5.75 Å². The minimum atomic E-state index is -3.87. The molecule has 0 spiro atoms. The van der Waals surface area contributed by atoms with Crippen LogP contribution in [-0.4, -0.2) is 58.0 Å². The Morgan fingerprint density at radius 3 is 2.31 bits per heavy atom. The lowest BCUT2D eigenvalue weighted by atomic mass is 10.2.